The highest BCUT2D eigenvalue weighted by Gasteiger charge is 2.09. The third kappa shape index (κ3) is 6.44. The Morgan fingerprint density at radius 3 is 2.81 bits per heavy atom. The number of hydrogen-bond acceptors (Lipinski definition) is 3. The average Bonchev–Trinajstić information content (AvgIpc) is 2.43. The Labute approximate surface area is 127 Å². The number of aliphatic hydroxyl groups is 1. The molecule has 21 heavy (non-hydrogen) atoms. The standard InChI is InChI=1S/C17H24N2O2/c1-14-8-9-16(15(13-14)7-4-5-12-20)17(21)18-10-6-11-19(2)3/h8-9,13,20H,5-6,10-12H2,1-3H3,(H,18,21). The SMILES string of the molecule is Cc1ccc(C(=O)NCCCN(C)C)c(C#CCCO)c1. The second-order valence-electron chi connectivity index (χ2n) is 5.24. The van der Waals surface area contributed by atoms with Crippen molar-refractivity contribution in [3.8, 4) is 11.8 Å². The maximum Gasteiger partial charge on any atom is 0.252 e. The minimum Gasteiger partial charge on any atom is -0.395 e. The number of rotatable bonds is 6. The molecule has 4 heteroatoms. The molecule has 0 radical (unpaired) electrons. The number of amides is 1. The normalized spacial score (nSPS) is 10.1. The number of aliphatic hydroxyl groups excluding tert-OH is 1. The van der Waals surface area contributed by atoms with E-state index >= 15 is 0 Å². The molecule has 0 bridgehead atoms. The van der Waals surface area contributed by atoms with Crippen molar-refractivity contribution in [2.45, 2.75) is 19.8 Å². The van der Waals surface area contributed by atoms with Gasteiger partial charge in [0.25, 0.3) is 5.91 Å². The first-order valence-electron chi connectivity index (χ1n) is 7.18. The number of carbonyl (C=O) groups is 1. The van der Waals surface area contributed by atoms with Gasteiger partial charge in [-0.1, -0.05) is 17.9 Å². The van der Waals surface area contributed by atoms with Gasteiger partial charge in [-0.15, -0.1) is 0 Å². The molecule has 0 spiro atoms. The van der Waals surface area contributed by atoms with E-state index < -0.39 is 0 Å². The summed E-state index contributed by atoms with van der Waals surface area (Å²) in [6.45, 7) is 3.59. The largest absolute Gasteiger partial charge is 0.395 e. The average molecular weight is 288 g/mol. The van der Waals surface area contributed by atoms with Crippen molar-refractivity contribution in [3.63, 3.8) is 0 Å². The van der Waals surface area contributed by atoms with Crippen LogP contribution in [0.25, 0.3) is 0 Å². The molecule has 1 amide bonds. The molecule has 0 aliphatic rings. The third-order valence-corrected chi connectivity index (χ3v) is 2.95. The highest BCUT2D eigenvalue weighted by molar-refractivity contribution is 5.96. The lowest BCUT2D eigenvalue weighted by Gasteiger charge is -2.11. The van der Waals surface area contributed by atoms with Gasteiger partial charge in [0.05, 0.1) is 12.2 Å². The van der Waals surface area contributed by atoms with Gasteiger partial charge in [-0.2, -0.15) is 0 Å². The first-order valence-corrected chi connectivity index (χ1v) is 7.18. The molecule has 0 aliphatic heterocycles. The molecule has 0 fully saturated rings. The minimum absolute atomic E-state index is 0.0326. The van der Waals surface area contributed by atoms with E-state index in [4.69, 9.17) is 5.11 Å². The predicted octanol–water partition coefficient (Wildman–Crippen LogP) is 1.41. The number of carbonyl (C=O) groups excluding carboxylic acids is 1. The summed E-state index contributed by atoms with van der Waals surface area (Å²) >= 11 is 0. The smallest absolute Gasteiger partial charge is 0.252 e. The molecule has 0 saturated heterocycles. The molecule has 0 aliphatic carbocycles. The molecule has 114 valence electrons. The Kier molecular flexibility index (Phi) is 7.52. The molecular formula is C17H24N2O2. The zero-order valence-corrected chi connectivity index (χ0v) is 13.1. The van der Waals surface area contributed by atoms with E-state index in [1.807, 2.05) is 33.2 Å². The van der Waals surface area contributed by atoms with Gasteiger partial charge in [0.1, 0.15) is 0 Å². The summed E-state index contributed by atoms with van der Waals surface area (Å²) in [5.41, 5.74) is 2.37. The van der Waals surface area contributed by atoms with Gasteiger partial charge in [-0.3, -0.25) is 4.79 Å². The van der Waals surface area contributed by atoms with E-state index in [0.29, 0.717) is 24.1 Å². The minimum atomic E-state index is -0.0953. The first kappa shape index (κ1) is 17.2. The van der Waals surface area contributed by atoms with Crippen LogP contribution in [0.5, 0.6) is 0 Å². The van der Waals surface area contributed by atoms with Gasteiger partial charge in [0, 0.05) is 18.5 Å². The quantitative estimate of drug-likeness (QED) is 0.615. The molecule has 0 unspecified atom stereocenters. The lowest BCUT2D eigenvalue weighted by Crippen LogP contribution is -2.27. The van der Waals surface area contributed by atoms with E-state index in [9.17, 15) is 4.79 Å². The van der Waals surface area contributed by atoms with Crippen molar-refractivity contribution in [1.29, 1.82) is 0 Å². The Bertz CT molecular complexity index is 527. The van der Waals surface area contributed by atoms with Crippen molar-refractivity contribution in [1.82, 2.24) is 10.2 Å². The van der Waals surface area contributed by atoms with E-state index in [2.05, 4.69) is 22.1 Å². The second-order valence-corrected chi connectivity index (χ2v) is 5.24. The highest BCUT2D eigenvalue weighted by atomic mass is 16.2. The van der Waals surface area contributed by atoms with Crippen LogP contribution in [0.15, 0.2) is 18.2 Å². The van der Waals surface area contributed by atoms with Crippen molar-refractivity contribution in [2.75, 3.05) is 33.8 Å². The van der Waals surface area contributed by atoms with E-state index in [-0.39, 0.29) is 12.5 Å². The molecule has 1 rings (SSSR count). The molecule has 2 N–H and O–H groups in total. The Hall–Kier alpha value is -1.83. The van der Waals surface area contributed by atoms with Crippen LogP contribution in [0.3, 0.4) is 0 Å². The zero-order valence-electron chi connectivity index (χ0n) is 13.1. The fourth-order valence-electron chi connectivity index (χ4n) is 1.87. The topological polar surface area (TPSA) is 52.6 Å². The van der Waals surface area contributed by atoms with Gasteiger partial charge >= 0.3 is 0 Å². The van der Waals surface area contributed by atoms with Crippen LogP contribution in [0.1, 0.15) is 34.3 Å². The first-order chi connectivity index (χ1) is 10.0. The molecule has 0 heterocycles. The van der Waals surface area contributed by atoms with Crippen LogP contribution in [0, 0.1) is 18.8 Å². The maximum atomic E-state index is 12.2. The lowest BCUT2D eigenvalue weighted by atomic mass is 10.0. The van der Waals surface area contributed by atoms with Crippen molar-refractivity contribution >= 4 is 5.91 Å². The van der Waals surface area contributed by atoms with Gasteiger partial charge in [0.15, 0.2) is 0 Å². The highest BCUT2D eigenvalue weighted by Crippen LogP contribution is 2.11. The second kappa shape index (κ2) is 9.17. The Morgan fingerprint density at radius 1 is 1.38 bits per heavy atom. The summed E-state index contributed by atoms with van der Waals surface area (Å²) in [6, 6.07) is 5.62. The van der Waals surface area contributed by atoms with Gasteiger partial charge < -0.3 is 15.3 Å². The molecular weight excluding hydrogens is 264 g/mol. The number of nitrogens with one attached hydrogen (secondary N) is 1. The van der Waals surface area contributed by atoms with Crippen LogP contribution in [0.2, 0.25) is 0 Å². The summed E-state index contributed by atoms with van der Waals surface area (Å²) < 4.78 is 0. The maximum absolute atomic E-state index is 12.2. The van der Waals surface area contributed by atoms with Crippen molar-refractivity contribution < 1.29 is 9.90 Å². The molecule has 0 saturated carbocycles. The van der Waals surface area contributed by atoms with Crippen LogP contribution >= 0.6 is 0 Å². The van der Waals surface area contributed by atoms with Crippen LogP contribution in [0.4, 0.5) is 0 Å². The number of benzene rings is 1. The molecule has 0 atom stereocenters. The van der Waals surface area contributed by atoms with Gasteiger partial charge in [0.2, 0.25) is 0 Å². The zero-order chi connectivity index (χ0) is 15.7. The lowest BCUT2D eigenvalue weighted by molar-refractivity contribution is 0.0952. The molecule has 4 nitrogen and oxygen atoms in total. The number of nitrogens with zero attached hydrogens (tertiary/aromatic N) is 1. The summed E-state index contributed by atoms with van der Waals surface area (Å²) in [5, 5.41) is 11.7. The van der Waals surface area contributed by atoms with E-state index in [1.165, 1.54) is 0 Å². The predicted molar refractivity (Wildman–Crippen MR) is 85.3 cm³/mol. The van der Waals surface area contributed by atoms with E-state index in [0.717, 1.165) is 18.5 Å². The summed E-state index contributed by atoms with van der Waals surface area (Å²) in [4.78, 5) is 14.3. The van der Waals surface area contributed by atoms with E-state index in [1.54, 1.807) is 6.07 Å². The third-order valence-electron chi connectivity index (χ3n) is 2.95. The van der Waals surface area contributed by atoms with Crippen LogP contribution in [-0.4, -0.2) is 49.7 Å². The van der Waals surface area contributed by atoms with Crippen LogP contribution < -0.4 is 5.32 Å². The summed E-state index contributed by atoms with van der Waals surface area (Å²) in [7, 11) is 4.02. The molecule has 1 aromatic rings. The summed E-state index contributed by atoms with van der Waals surface area (Å²) in [5.74, 6) is 5.74. The Morgan fingerprint density at radius 2 is 2.14 bits per heavy atom. The summed E-state index contributed by atoms with van der Waals surface area (Å²) in [6.07, 6.45) is 1.33. The Balaban J connectivity index is 2.72. The number of aryl methyl sites for hydroxylation is 1. The van der Waals surface area contributed by atoms with Gasteiger partial charge in [-0.25, -0.2) is 0 Å². The number of hydrogen-bond donors (Lipinski definition) is 2. The molecule has 0 aromatic heterocycles. The molecule has 1 aromatic carbocycles. The fraction of sp³-hybridized carbons (Fsp3) is 0.471. The monoisotopic (exact) mass is 288 g/mol. The van der Waals surface area contributed by atoms with Crippen molar-refractivity contribution in [2.24, 2.45) is 0 Å². The van der Waals surface area contributed by atoms with Crippen LogP contribution in [-0.2, 0) is 0 Å². The fourth-order valence-corrected chi connectivity index (χ4v) is 1.87. The van der Waals surface area contributed by atoms with Crippen molar-refractivity contribution in [3.05, 3.63) is 34.9 Å². The van der Waals surface area contributed by atoms with Gasteiger partial charge in [-0.05, 0) is 51.7 Å².